The molecule has 1 aliphatic heterocycles. The van der Waals surface area contributed by atoms with E-state index in [1.54, 1.807) is 4.90 Å². The first kappa shape index (κ1) is 11.9. The first-order valence-corrected chi connectivity index (χ1v) is 5.68. The van der Waals surface area contributed by atoms with Gasteiger partial charge in [0.15, 0.2) is 0 Å². The van der Waals surface area contributed by atoms with Gasteiger partial charge in [0.2, 0.25) is 0 Å². The van der Waals surface area contributed by atoms with Gasteiger partial charge in [0.1, 0.15) is 0 Å². The number of hydrogen-bond acceptors (Lipinski definition) is 6. The third kappa shape index (κ3) is 2.98. The van der Waals surface area contributed by atoms with Crippen LogP contribution in [0.5, 0.6) is 0 Å². The molecule has 1 unspecified atom stereocenters. The fourth-order valence-corrected chi connectivity index (χ4v) is 1.97. The number of carbonyl (C=O) groups is 1. The molecule has 2 heterocycles. The number of carbonyl (C=O) groups excluding carboxylic acids is 1. The van der Waals surface area contributed by atoms with Crippen LogP contribution in [-0.4, -0.2) is 68.8 Å². The number of rotatable bonds is 5. The van der Waals surface area contributed by atoms with Gasteiger partial charge >= 0.3 is 0 Å². The first-order valence-electron chi connectivity index (χ1n) is 5.68. The van der Waals surface area contributed by atoms with Crippen molar-refractivity contribution in [3.05, 3.63) is 5.82 Å². The number of aromatic amines is 1. The molecule has 0 radical (unpaired) electrons. The molecule has 0 aliphatic carbocycles. The van der Waals surface area contributed by atoms with Crippen molar-refractivity contribution in [2.45, 2.75) is 18.9 Å². The van der Waals surface area contributed by atoms with E-state index in [0.717, 1.165) is 19.4 Å². The summed E-state index contributed by atoms with van der Waals surface area (Å²) in [6.45, 7) is 1.75. The minimum Gasteiger partial charge on any atom is -0.395 e. The average molecular weight is 240 g/mol. The summed E-state index contributed by atoms with van der Waals surface area (Å²) < 4.78 is 0. The predicted molar refractivity (Wildman–Crippen MR) is 58.2 cm³/mol. The first-order chi connectivity index (χ1) is 8.31. The molecule has 3 N–H and O–H groups in total. The highest BCUT2D eigenvalue weighted by Crippen LogP contribution is 2.08. The number of H-pyrrole nitrogens is 1. The quantitative estimate of drug-likeness (QED) is 0.571. The Morgan fingerprint density at radius 2 is 2.47 bits per heavy atom. The van der Waals surface area contributed by atoms with E-state index >= 15 is 0 Å². The standard InChI is InChI=1S/C9H16N6O2/c16-5-4-15(6-7-2-1-3-10-7)9(17)8-11-13-14-12-8/h7,10,16H,1-6H2,(H,11,12,13,14). The number of nitrogens with one attached hydrogen (secondary N) is 2. The van der Waals surface area contributed by atoms with Crippen LogP contribution in [0, 0.1) is 0 Å². The van der Waals surface area contributed by atoms with E-state index in [2.05, 4.69) is 25.9 Å². The number of aliphatic hydroxyl groups is 1. The van der Waals surface area contributed by atoms with Gasteiger partial charge in [-0.1, -0.05) is 0 Å². The third-order valence-electron chi connectivity index (χ3n) is 2.80. The number of tetrazole rings is 1. The molecule has 17 heavy (non-hydrogen) atoms. The van der Waals surface area contributed by atoms with Crippen LogP contribution in [0.25, 0.3) is 0 Å². The molecule has 1 fully saturated rings. The van der Waals surface area contributed by atoms with Gasteiger partial charge in [-0.2, -0.15) is 5.21 Å². The van der Waals surface area contributed by atoms with Crippen LogP contribution in [0.4, 0.5) is 0 Å². The van der Waals surface area contributed by atoms with Gasteiger partial charge in [0.25, 0.3) is 11.7 Å². The lowest BCUT2D eigenvalue weighted by atomic mass is 10.2. The van der Waals surface area contributed by atoms with Crippen LogP contribution >= 0.6 is 0 Å². The monoisotopic (exact) mass is 240 g/mol. The van der Waals surface area contributed by atoms with Crippen molar-refractivity contribution in [1.29, 1.82) is 0 Å². The molecule has 0 spiro atoms. The van der Waals surface area contributed by atoms with Crippen LogP contribution in [0.3, 0.4) is 0 Å². The fourth-order valence-electron chi connectivity index (χ4n) is 1.97. The van der Waals surface area contributed by atoms with Crippen LogP contribution in [0.15, 0.2) is 0 Å². The summed E-state index contributed by atoms with van der Waals surface area (Å²) in [6, 6.07) is 0.289. The maximum Gasteiger partial charge on any atom is 0.295 e. The maximum absolute atomic E-state index is 12.0. The van der Waals surface area contributed by atoms with Gasteiger partial charge in [-0.15, -0.1) is 10.2 Å². The molecular weight excluding hydrogens is 224 g/mol. The summed E-state index contributed by atoms with van der Waals surface area (Å²) >= 11 is 0. The van der Waals surface area contributed by atoms with Crippen molar-refractivity contribution in [1.82, 2.24) is 30.8 Å². The zero-order valence-corrected chi connectivity index (χ0v) is 9.46. The summed E-state index contributed by atoms with van der Waals surface area (Å²) in [5.74, 6) is -0.266. The molecule has 1 amide bonds. The van der Waals surface area contributed by atoms with Crippen LogP contribution in [0.2, 0.25) is 0 Å². The van der Waals surface area contributed by atoms with E-state index in [-0.39, 0.29) is 30.9 Å². The summed E-state index contributed by atoms with van der Waals surface area (Å²) in [4.78, 5) is 13.5. The molecule has 8 heteroatoms. The number of hydrogen-bond donors (Lipinski definition) is 3. The van der Waals surface area contributed by atoms with Crippen molar-refractivity contribution in [2.24, 2.45) is 0 Å². The Bertz CT molecular complexity index is 348. The van der Waals surface area contributed by atoms with Gasteiger partial charge in [-0.25, -0.2) is 0 Å². The van der Waals surface area contributed by atoms with Crippen molar-refractivity contribution in [3.63, 3.8) is 0 Å². The second-order valence-corrected chi connectivity index (χ2v) is 4.00. The molecule has 1 aliphatic rings. The molecule has 8 nitrogen and oxygen atoms in total. The smallest absolute Gasteiger partial charge is 0.295 e. The molecular formula is C9H16N6O2. The lowest BCUT2D eigenvalue weighted by Crippen LogP contribution is -2.42. The van der Waals surface area contributed by atoms with Gasteiger partial charge in [-0.05, 0) is 24.6 Å². The van der Waals surface area contributed by atoms with Crippen molar-refractivity contribution in [2.75, 3.05) is 26.2 Å². The SMILES string of the molecule is O=C(c1nn[nH]n1)N(CCO)CC1CCCN1. The van der Waals surface area contributed by atoms with Crippen LogP contribution < -0.4 is 5.32 Å². The second kappa shape index (κ2) is 5.69. The van der Waals surface area contributed by atoms with E-state index < -0.39 is 0 Å². The van der Waals surface area contributed by atoms with Crippen LogP contribution in [0.1, 0.15) is 23.5 Å². The Balaban J connectivity index is 1.98. The Labute approximate surface area is 98.4 Å². The molecule has 2 rings (SSSR count). The highest BCUT2D eigenvalue weighted by Gasteiger charge is 2.24. The molecule has 94 valence electrons. The van der Waals surface area contributed by atoms with E-state index in [1.807, 2.05) is 0 Å². The van der Waals surface area contributed by atoms with Gasteiger partial charge in [0.05, 0.1) is 6.61 Å². The predicted octanol–water partition coefficient (Wildman–Crippen LogP) is -1.61. The molecule has 0 bridgehead atoms. The van der Waals surface area contributed by atoms with Gasteiger partial charge in [0, 0.05) is 19.1 Å². The largest absolute Gasteiger partial charge is 0.395 e. The third-order valence-corrected chi connectivity index (χ3v) is 2.80. The summed E-state index contributed by atoms with van der Waals surface area (Å²) in [5.41, 5.74) is 0. The number of aromatic nitrogens is 4. The number of nitrogens with zero attached hydrogens (tertiary/aromatic N) is 4. The highest BCUT2D eigenvalue weighted by atomic mass is 16.3. The van der Waals surface area contributed by atoms with E-state index in [9.17, 15) is 4.79 Å². The topological polar surface area (TPSA) is 107 Å². The van der Waals surface area contributed by atoms with E-state index in [1.165, 1.54) is 0 Å². The van der Waals surface area contributed by atoms with Crippen LogP contribution in [-0.2, 0) is 0 Å². The fraction of sp³-hybridized carbons (Fsp3) is 0.778. The second-order valence-electron chi connectivity index (χ2n) is 4.00. The normalized spacial score (nSPS) is 19.5. The Hall–Kier alpha value is -1.54. The molecule has 0 aromatic carbocycles. The average Bonchev–Trinajstić information content (AvgIpc) is 3.00. The van der Waals surface area contributed by atoms with Crippen molar-refractivity contribution in [3.8, 4) is 0 Å². The molecule has 0 saturated carbocycles. The summed E-state index contributed by atoms with van der Waals surface area (Å²) in [7, 11) is 0. The number of amides is 1. The molecule has 1 aromatic rings. The summed E-state index contributed by atoms with van der Waals surface area (Å²) in [6.07, 6.45) is 2.16. The van der Waals surface area contributed by atoms with Crippen molar-refractivity contribution >= 4 is 5.91 Å². The van der Waals surface area contributed by atoms with E-state index in [4.69, 9.17) is 5.11 Å². The highest BCUT2D eigenvalue weighted by molar-refractivity contribution is 5.90. The zero-order chi connectivity index (χ0) is 12.1. The lowest BCUT2D eigenvalue weighted by molar-refractivity contribution is 0.0694. The van der Waals surface area contributed by atoms with Gasteiger partial charge in [-0.3, -0.25) is 4.79 Å². The Morgan fingerprint density at radius 3 is 3.06 bits per heavy atom. The minimum atomic E-state index is -0.304. The van der Waals surface area contributed by atoms with E-state index in [0.29, 0.717) is 6.54 Å². The number of aliphatic hydroxyl groups excluding tert-OH is 1. The molecule has 1 atom stereocenters. The lowest BCUT2D eigenvalue weighted by Gasteiger charge is -2.23. The van der Waals surface area contributed by atoms with Gasteiger partial charge < -0.3 is 15.3 Å². The Kier molecular flexibility index (Phi) is 3.99. The summed E-state index contributed by atoms with van der Waals surface area (Å²) in [5, 5.41) is 25.2. The minimum absolute atomic E-state index is 0.0384. The molecule has 1 aromatic heterocycles. The maximum atomic E-state index is 12.0. The molecule has 1 saturated heterocycles. The zero-order valence-electron chi connectivity index (χ0n) is 9.46. The Morgan fingerprint density at radius 1 is 1.59 bits per heavy atom. The van der Waals surface area contributed by atoms with Crippen molar-refractivity contribution < 1.29 is 9.90 Å².